The van der Waals surface area contributed by atoms with Gasteiger partial charge < -0.3 is 5.32 Å². The molecule has 0 bridgehead atoms. The molecular weight excluding hydrogens is 264 g/mol. The number of amides is 1. The summed E-state index contributed by atoms with van der Waals surface area (Å²) in [6.45, 7) is 2.65. The molecule has 1 amide bonds. The van der Waals surface area contributed by atoms with E-state index >= 15 is 0 Å². The number of nitrogens with one attached hydrogen (secondary N) is 2. The van der Waals surface area contributed by atoms with E-state index in [4.69, 9.17) is 0 Å². The number of hydrogen-bond donors (Lipinski definition) is 2. The lowest BCUT2D eigenvalue weighted by Crippen LogP contribution is -2.49. The van der Waals surface area contributed by atoms with Crippen LogP contribution in [-0.4, -0.2) is 27.6 Å². The van der Waals surface area contributed by atoms with Crippen molar-refractivity contribution in [2.24, 2.45) is 0 Å². The quantitative estimate of drug-likeness (QED) is 0.881. The van der Waals surface area contributed by atoms with Crippen molar-refractivity contribution in [3.63, 3.8) is 0 Å². The molecule has 2 N–H and O–H groups in total. The molecule has 1 saturated carbocycles. The molecule has 5 nitrogen and oxygen atoms in total. The monoisotopic (exact) mass is 284 g/mol. The van der Waals surface area contributed by atoms with E-state index in [1.54, 1.807) is 0 Å². The van der Waals surface area contributed by atoms with Gasteiger partial charge in [0.1, 0.15) is 12.2 Å². The van der Waals surface area contributed by atoms with Gasteiger partial charge in [-0.1, -0.05) is 36.2 Å². The Morgan fingerprint density at radius 3 is 2.90 bits per heavy atom. The maximum atomic E-state index is 12.6. The highest BCUT2D eigenvalue weighted by molar-refractivity contribution is 5.89. The van der Waals surface area contributed by atoms with Crippen LogP contribution in [-0.2, 0) is 16.6 Å². The van der Waals surface area contributed by atoms with Crippen LogP contribution in [0.4, 0.5) is 0 Å². The Morgan fingerprint density at radius 2 is 2.29 bits per heavy atom. The van der Waals surface area contributed by atoms with Gasteiger partial charge in [0.25, 0.3) is 0 Å². The van der Waals surface area contributed by atoms with Gasteiger partial charge in [0.15, 0.2) is 0 Å². The van der Waals surface area contributed by atoms with Crippen LogP contribution in [0, 0.1) is 6.92 Å². The van der Waals surface area contributed by atoms with Gasteiger partial charge in [-0.25, -0.2) is 4.98 Å². The molecule has 0 atom stereocenters. The van der Waals surface area contributed by atoms with Gasteiger partial charge in [-0.3, -0.25) is 9.89 Å². The second kappa shape index (κ2) is 5.68. The van der Waals surface area contributed by atoms with Crippen molar-refractivity contribution in [3.05, 3.63) is 47.5 Å². The second-order valence-corrected chi connectivity index (χ2v) is 5.74. The predicted molar refractivity (Wildman–Crippen MR) is 79.8 cm³/mol. The summed E-state index contributed by atoms with van der Waals surface area (Å²) >= 11 is 0. The van der Waals surface area contributed by atoms with Gasteiger partial charge in [-0.2, -0.15) is 5.10 Å². The SMILES string of the molecule is Cc1cccc(C2(C(=O)NCCc3ncn[nH]3)CCC2)c1. The number of aryl methyl sites for hydroxylation is 1. The van der Waals surface area contributed by atoms with Crippen LogP contribution in [0.2, 0.25) is 0 Å². The summed E-state index contributed by atoms with van der Waals surface area (Å²) in [5.74, 6) is 0.937. The number of aromatic amines is 1. The van der Waals surface area contributed by atoms with Crippen LogP contribution < -0.4 is 5.32 Å². The Morgan fingerprint density at radius 1 is 1.43 bits per heavy atom. The average molecular weight is 284 g/mol. The Hall–Kier alpha value is -2.17. The molecule has 5 heteroatoms. The Kier molecular flexibility index (Phi) is 3.73. The number of hydrogen-bond acceptors (Lipinski definition) is 3. The molecule has 1 aliphatic carbocycles. The number of aromatic nitrogens is 3. The van der Waals surface area contributed by atoms with Crippen LogP contribution in [0.15, 0.2) is 30.6 Å². The maximum absolute atomic E-state index is 12.6. The number of rotatable bonds is 5. The number of carbonyl (C=O) groups excluding carboxylic acids is 1. The lowest BCUT2D eigenvalue weighted by atomic mass is 9.63. The molecule has 1 heterocycles. The summed E-state index contributed by atoms with van der Waals surface area (Å²) < 4.78 is 0. The summed E-state index contributed by atoms with van der Waals surface area (Å²) in [6, 6.07) is 8.31. The van der Waals surface area contributed by atoms with Crippen molar-refractivity contribution in [3.8, 4) is 0 Å². The summed E-state index contributed by atoms with van der Waals surface area (Å²) in [4.78, 5) is 16.7. The van der Waals surface area contributed by atoms with E-state index in [0.717, 1.165) is 30.7 Å². The average Bonchev–Trinajstić information content (AvgIpc) is 2.91. The van der Waals surface area contributed by atoms with Gasteiger partial charge in [0.2, 0.25) is 5.91 Å². The molecular formula is C16H20N4O. The largest absolute Gasteiger partial charge is 0.355 e. The topological polar surface area (TPSA) is 70.7 Å². The summed E-state index contributed by atoms with van der Waals surface area (Å²) in [5.41, 5.74) is 2.02. The van der Waals surface area contributed by atoms with E-state index < -0.39 is 0 Å². The third kappa shape index (κ3) is 2.68. The van der Waals surface area contributed by atoms with Gasteiger partial charge in [-0.15, -0.1) is 0 Å². The first-order valence-electron chi connectivity index (χ1n) is 7.40. The zero-order valence-electron chi connectivity index (χ0n) is 12.2. The van der Waals surface area contributed by atoms with Crippen molar-refractivity contribution in [1.29, 1.82) is 0 Å². The van der Waals surface area contributed by atoms with Crippen LogP contribution in [0.1, 0.15) is 36.2 Å². The Bertz CT molecular complexity index is 617. The lowest BCUT2D eigenvalue weighted by Gasteiger charge is -2.41. The standard InChI is InChI=1S/C16H20N4O/c1-12-4-2-5-13(10-12)16(7-3-8-16)15(21)17-9-6-14-18-11-19-20-14/h2,4-5,10-11H,3,6-9H2,1H3,(H,17,21)(H,18,19,20). The van der Waals surface area contributed by atoms with Crippen LogP contribution >= 0.6 is 0 Å². The normalized spacial score (nSPS) is 16.2. The van der Waals surface area contributed by atoms with Crippen molar-refractivity contribution in [2.45, 2.75) is 38.0 Å². The Labute approximate surface area is 124 Å². The fraction of sp³-hybridized carbons (Fsp3) is 0.438. The third-order valence-electron chi connectivity index (χ3n) is 4.32. The van der Waals surface area contributed by atoms with E-state index in [1.165, 1.54) is 11.9 Å². The van der Waals surface area contributed by atoms with E-state index in [2.05, 4.69) is 45.6 Å². The summed E-state index contributed by atoms with van der Waals surface area (Å²) in [6.07, 6.45) is 5.14. The summed E-state index contributed by atoms with van der Waals surface area (Å²) in [5, 5.41) is 9.66. The molecule has 21 heavy (non-hydrogen) atoms. The van der Waals surface area contributed by atoms with Gasteiger partial charge in [-0.05, 0) is 25.3 Å². The van der Waals surface area contributed by atoms with Crippen molar-refractivity contribution in [2.75, 3.05) is 6.54 Å². The molecule has 3 rings (SSSR count). The molecule has 0 aliphatic heterocycles. The molecule has 1 aliphatic rings. The third-order valence-corrected chi connectivity index (χ3v) is 4.32. The number of carbonyl (C=O) groups is 1. The lowest BCUT2D eigenvalue weighted by molar-refractivity contribution is -0.129. The van der Waals surface area contributed by atoms with Gasteiger partial charge >= 0.3 is 0 Å². The second-order valence-electron chi connectivity index (χ2n) is 5.74. The minimum atomic E-state index is -0.326. The van der Waals surface area contributed by atoms with E-state index in [-0.39, 0.29) is 11.3 Å². The zero-order chi connectivity index (χ0) is 14.7. The molecule has 1 aromatic carbocycles. The molecule has 1 fully saturated rings. The molecule has 2 aromatic rings. The van der Waals surface area contributed by atoms with Gasteiger partial charge in [0.05, 0.1) is 5.41 Å². The number of H-pyrrole nitrogens is 1. The highest BCUT2D eigenvalue weighted by Gasteiger charge is 2.45. The first-order chi connectivity index (χ1) is 10.2. The minimum absolute atomic E-state index is 0.138. The van der Waals surface area contributed by atoms with E-state index in [1.807, 2.05) is 6.07 Å². The number of nitrogens with zero attached hydrogens (tertiary/aromatic N) is 2. The first kappa shape index (κ1) is 13.8. The highest BCUT2D eigenvalue weighted by Crippen LogP contribution is 2.44. The van der Waals surface area contributed by atoms with Crippen molar-refractivity contribution < 1.29 is 4.79 Å². The van der Waals surface area contributed by atoms with Crippen LogP contribution in [0.25, 0.3) is 0 Å². The van der Waals surface area contributed by atoms with Crippen LogP contribution in [0.5, 0.6) is 0 Å². The van der Waals surface area contributed by atoms with Crippen molar-refractivity contribution in [1.82, 2.24) is 20.5 Å². The first-order valence-corrected chi connectivity index (χ1v) is 7.40. The van der Waals surface area contributed by atoms with Crippen LogP contribution in [0.3, 0.4) is 0 Å². The minimum Gasteiger partial charge on any atom is -0.355 e. The molecule has 0 saturated heterocycles. The fourth-order valence-electron chi connectivity index (χ4n) is 2.93. The Balaban J connectivity index is 1.66. The molecule has 1 aromatic heterocycles. The molecule has 0 radical (unpaired) electrons. The molecule has 0 unspecified atom stereocenters. The molecule has 0 spiro atoms. The number of benzene rings is 1. The van der Waals surface area contributed by atoms with Gasteiger partial charge in [0, 0.05) is 13.0 Å². The van der Waals surface area contributed by atoms with E-state index in [9.17, 15) is 4.79 Å². The van der Waals surface area contributed by atoms with E-state index in [0.29, 0.717) is 13.0 Å². The fourth-order valence-corrected chi connectivity index (χ4v) is 2.93. The molecule has 110 valence electrons. The van der Waals surface area contributed by atoms with Crippen molar-refractivity contribution >= 4 is 5.91 Å². The summed E-state index contributed by atoms with van der Waals surface area (Å²) in [7, 11) is 0. The highest BCUT2D eigenvalue weighted by atomic mass is 16.2. The maximum Gasteiger partial charge on any atom is 0.230 e. The zero-order valence-corrected chi connectivity index (χ0v) is 12.2. The predicted octanol–water partition coefficient (Wildman–Crippen LogP) is 1.89. The smallest absolute Gasteiger partial charge is 0.230 e.